The maximum Gasteiger partial charge on any atom is 0.244 e. The molecule has 2 aliphatic rings. The predicted molar refractivity (Wildman–Crippen MR) is 80.9 cm³/mol. The first-order valence-corrected chi connectivity index (χ1v) is 8.97. The van der Waals surface area contributed by atoms with E-state index < -0.39 is 9.84 Å². The van der Waals surface area contributed by atoms with Crippen LogP contribution in [-0.4, -0.2) is 42.3 Å². The van der Waals surface area contributed by atoms with Crippen molar-refractivity contribution in [2.45, 2.75) is 18.2 Å². The zero-order valence-corrected chi connectivity index (χ0v) is 12.5. The number of hydrogen-bond acceptors (Lipinski definition) is 4. The normalized spacial score (nSPS) is 29.6. The molecule has 7 heteroatoms. The molecule has 1 aromatic rings. The zero-order chi connectivity index (χ0) is 14.3. The van der Waals surface area contributed by atoms with Crippen LogP contribution in [-0.2, 0) is 14.6 Å². The van der Waals surface area contributed by atoms with E-state index in [1.165, 1.54) is 18.7 Å². The number of aliphatic imine (C=N–C) groups is 1. The molecule has 2 fully saturated rings. The fraction of sp³-hybridized carbons (Fsp3) is 0.385. The first-order valence-electron chi connectivity index (χ1n) is 6.27. The van der Waals surface area contributed by atoms with Gasteiger partial charge in [-0.2, -0.15) is 4.99 Å². The van der Waals surface area contributed by atoms with Gasteiger partial charge in [0.2, 0.25) is 5.91 Å². The van der Waals surface area contributed by atoms with Gasteiger partial charge in [-0.1, -0.05) is 30.0 Å². The minimum Gasteiger partial charge on any atom is -0.316 e. The Morgan fingerprint density at radius 1 is 1.30 bits per heavy atom. The average molecular weight is 310 g/mol. The van der Waals surface area contributed by atoms with Crippen LogP contribution >= 0.6 is 11.8 Å². The molecular weight excluding hydrogens is 296 g/mol. The monoisotopic (exact) mass is 310 g/mol. The number of benzene rings is 1. The molecular formula is C13H14N2O3S2. The Kier molecular flexibility index (Phi) is 3.33. The lowest BCUT2D eigenvalue weighted by Gasteiger charge is -2.24. The van der Waals surface area contributed by atoms with Gasteiger partial charge in [-0.05, 0) is 12.1 Å². The van der Waals surface area contributed by atoms with E-state index in [-0.39, 0.29) is 28.7 Å². The largest absolute Gasteiger partial charge is 0.316 e. The van der Waals surface area contributed by atoms with Crippen LogP contribution in [0.15, 0.2) is 35.3 Å². The van der Waals surface area contributed by atoms with Crippen LogP contribution in [0.2, 0.25) is 0 Å². The molecule has 1 aromatic carbocycles. The molecule has 2 heterocycles. The van der Waals surface area contributed by atoms with Crippen LogP contribution in [0.3, 0.4) is 0 Å². The van der Waals surface area contributed by atoms with Crippen LogP contribution in [0, 0.1) is 0 Å². The summed E-state index contributed by atoms with van der Waals surface area (Å²) in [6.07, 6.45) is 0. The lowest BCUT2D eigenvalue weighted by atomic mass is 10.2. The molecule has 1 amide bonds. The summed E-state index contributed by atoms with van der Waals surface area (Å²) in [5.74, 6) is 0.00951. The number of amidine groups is 1. The summed E-state index contributed by atoms with van der Waals surface area (Å²) in [6.45, 7) is 1.40. The highest BCUT2D eigenvalue weighted by Crippen LogP contribution is 2.40. The van der Waals surface area contributed by atoms with E-state index in [4.69, 9.17) is 0 Å². The molecule has 0 radical (unpaired) electrons. The fourth-order valence-electron chi connectivity index (χ4n) is 2.59. The van der Waals surface area contributed by atoms with Gasteiger partial charge in [0.25, 0.3) is 0 Å². The molecule has 2 saturated heterocycles. The zero-order valence-electron chi connectivity index (χ0n) is 10.9. The number of carbonyl (C=O) groups is 1. The van der Waals surface area contributed by atoms with E-state index in [1.807, 2.05) is 35.2 Å². The number of sulfone groups is 1. The number of para-hydroxylation sites is 1. The number of rotatable bonds is 1. The summed E-state index contributed by atoms with van der Waals surface area (Å²) in [5.41, 5.74) is 0.879. The van der Waals surface area contributed by atoms with Gasteiger partial charge >= 0.3 is 0 Å². The van der Waals surface area contributed by atoms with E-state index in [1.54, 1.807) is 0 Å². The minimum absolute atomic E-state index is 0.0432. The van der Waals surface area contributed by atoms with Crippen LogP contribution < -0.4 is 4.90 Å². The van der Waals surface area contributed by atoms with E-state index >= 15 is 0 Å². The molecule has 0 aromatic heterocycles. The van der Waals surface area contributed by atoms with Crippen molar-refractivity contribution < 1.29 is 13.2 Å². The molecule has 106 valence electrons. The average Bonchev–Trinajstić information content (AvgIpc) is 2.80. The first-order chi connectivity index (χ1) is 9.46. The molecule has 3 rings (SSSR count). The molecule has 20 heavy (non-hydrogen) atoms. The predicted octanol–water partition coefficient (Wildman–Crippen LogP) is 1.31. The Labute approximate surface area is 122 Å². The number of carbonyl (C=O) groups excluding carboxylic acids is 1. The van der Waals surface area contributed by atoms with Crippen LogP contribution in [0.1, 0.15) is 6.92 Å². The van der Waals surface area contributed by atoms with Gasteiger partial charge in [-0.3, -0.25) is 4.79 Å². The SMILES string of the molecule is CC(=O)N=C1S[C@@H]2CS(=O)(=O)C[C@H]2N1c1ccccc1. The lowest BCUT2D eigenvalue weighted by molar-refractivity contribution is -0.115. The number of hydrogen-bond donors (Lipinski definition) is 0. The van der Waals surface area contributed by atoms with E-state index in [0.29, 0.717) is 5.17 Å². The number of amides is 1. The van der Waals surface area contributed by atoms with Crippen molar-refractivity contribution in [1.29, 1.82) is 0 Å². The standard InChI is InChI=1S/C13H14N2O3S2/c1-9(16)14-13-15(10-5-3-2-4-6-10)11-7-20(17,18)8-12(11)19-13/h2-6,11-12H,7-8H2,1H3/t11-,12-/m1/s1. The summed E-state index contributed by atoms with van der Waals surface area (Å²) in [6, 6.07) is 9.36. The van der Waals surface area contributed by atoms with Crippen LogP contribution in [0.4, 0.5) is 5.69 Å². The summed E-state index contributed by atoms with van der Waals surface area (Å²) < 4.78 is 23.6. The van der Waals surface area contributed by atoms with Crippen LogP contribution in [0.5, 0.6) is 0 Å². The maximum absolute atomic E-state index is 11.8. The summed E-state index contributed by atoms with van der Waals surface area (Å²) in [7, 11) is -3.00. The number of nitrogens with zero attached hydrogens (tertiary/aromatic N) is 2. The van der Waals surface area contributed by atoms with Gasteiger partial charge in [0.1, 0.15) is 0 Å². The number of thioether (sulfide) groups is 1. The molecule has 5 nitrogen and oxygen atoms in total. The van der Waals surface area contributed by atoms with Crippen molar-refractivity contribution in [1.82, 2.24) is 0 Å². The molecule has 2 aliphatic heterocycles. The Morgan fingerprint density at radius 3 is 2.65 bits per heavy atom. The Morgan fingerprint density at radius 2 is 2.00 bits per heavy atom. The second-order valence-electron chi connectivity index (χ2n) is 4.92. The van der Waals surface area contributed by atoms with Gasteiger partial charge in [-0.15, -0.1) is 0 Å². The first kappa shape index (κ1) is 13.6. The summed E-state index contributed by atoms with van der Waals surface area (Å²) >= 11 is 1.39. The lowest BCUT2D eigenvalue weighted by Crippen LogP contribution is -2.37. The maximum atomic E-state index is 11.8. The molecule has 2 atom stereocenters. The topological polar surface area (TPSA) is 66.8 Å². The van der Waals surface area contributed by atoms with E-state index in [2.05, 4.69) is 4.99 Å². The molecule has 0 bridgehead atoms. The van der Waals surface area contributed by atoms with Gasteiger partial charge < -0.3 is 4.90 Å². The van der Waals surface area contributed by atoms with Crippen molar-refractivity contribution in [3.05, 3.63) is 30.3 Å². The summed E-state index contributed by atoms with van der Waals surface area (Å²) in [4.78, 5) is 17.2. The van der Waals surface area contributed by atoms with Gasteiger partial charge in [0.15, 0.2) is 15.0 Å². The van der Waals surface area contributed by atoms with Crippen LogP contribution in [0.25, 0.3) is 0 Å². The number of anilines is 1. The molecule has 0 aliphatic carbocycles. The Hall–Kier alpha value is -1.34. The van der Waals surface area contributed by atoms with E-state index in [9.17, 15) is 13.2 Å². The molecule has 0 saturated carbocycles. The van der Waals surface area contributed by atoms with Gasteiger partial charge in [0.05, 0.1) is 17.5 Å². The highest BCUT2D eigenvalue weighted by Gasteiger charge is 2.49. The third kappa shape index (κ3) is 2.47. The minimum atomic E-state index is -3.00. The third-order valence-electron chi connectivity index (χ3n) is 3.35. The number of fused-ring (bicyclic) bond motifs is 1. The Bertz CT molecular complexity index is 670. The highest BCUT2D eigenvalue weighted by molar-refractivity contribution is 8.16. The highest BCUT2D eigenvalue weighted by atomic mass is 32.2. The third-order valence-corrected chi connectivity index (χ3v) is 6.56. The molecule has 0 unspecified atom stereocenters. The second kappa shape index (κ2) is 4.89. The van der Waals surface area contributed by atoms with Crippen molar-refractivity contribution in [2.75, 3.05) is 16.4 Å². The van der Waals surface area contributed by atoms with Crippen molar-refractivity contribution in [3.63, 3.8) is 0 Å². The second-order valence-corrected chi connectivity index (χ2v) is 8.28. The fourth-order valence-corrected chi connectivity index (χ4v) is 6.55. The molecule has 0 spiro atoms. The van der Waals surface area contributed by atoms with E-state index in [0.717, 1.165) is 5.69 Å². The molecule has 0 N–H and O–H groups in total. The Balaban J connectivity index is 2.03. The van der Waals surface area contributed by atoms with Crippen molar-refractivity contribution in [3.8, 4) is 0 Å². The smallest absolute Gasteiger partial charge is 0.244 e. The van der Waals surface area contributed by atoms with Crippen molar-refractivity contribution in [2.24, 2.45) is 4.99 Å². The van der Waals surface area contributed by atoms with Gasteiger partial charge in [-0.25, -0.2) is 8.42 Å². The van der Waals surface area contributed by atoms with Crippen molar-refractivity contribution >= 4 is 38.4 Å². The summed E-state index contributed by atoms with van der Waals surface area (Å²) in [5, 5.41) is 0.562. The van der Waals surface area contributed by atoms with Gasteiger partial charge in [0, 0.05) is 17.9 Å². The quantitative estimate of drug-likeness (QED) is 0.782.